The highest BCUT2D eigenvalue weighted by atomic mass is 19.1. The van der Waals surface area contributed by atoms with Crippen LogP contribution in [0.4, 0.5) is 4.39 Å². The predicted octanol–water partition coefficient (Wildman–Crippen LogP) is 3.02. The number of amides is 1. The minimum absolute atomic E-state index is 0.0491. The van der Waals surface area contributed by atoms with E-state index in [1.54, 1.807) is 22.8 Å². The topological polar surface area (TPSA) is 50.5 Å². The highest BCUT2D eigenvalue weighted by Crippen LogP contribution is 2.24. The van der Waals surface area contributed by atoms with Crippen molar-refractivity contribution in [1.29, 1.82) is 0 Å². The molecule has 0 spiro atoms. The first-order valence-electron chi connectivity index (χ1n) is 8.48. The van der Waals surface area contributed by atoms with Gasteiger partial charge < -0.3 is 4.90 Å². The number of hydrogen-bond acceptors (Lipinski definition) is 3. The van der Waals surface area contributed by atoms with E-state index < -0.39 is 0 Å². The van der Waals surface area contributed by atoms with Gasteiger partial charge in [0.2, 0.25) is 0 Å². The Hall–Kier alpha value is -2.76. The van der Waals surface area contributed by atoms with Gasteiger partial charge in [-0.05, 0) is 49.9 Å². The minimum Gasteiger partial charge on any atom is -0.335 e. The Morgan fingerprint density at radius 1 is 1.36 bits per heavy atom. The molecule has 1 atom stereocenters. The van der Waals surface area contributed by atoms with Crippen LogP contribution in [0.25, 0.3) is 5.65 Å². The fourth-order valence-electron chi connectivity index (χ4n) is 3.52. The third-order valence-corrected chi connectivity index (χ3v) is 4.74. The van der Waals surface area contributed by atoms with Crippen LogP contribution in [0.5, 0.6) is 0 Å². The number of carbonyl (C=O) groups excluding carboxylic acids is 1. The molecular formula is C19H19FN4O. The standard InChI is InChI=1S/C19H19FN4O/c1-13-7-9-24-18(22-13)17(12-21-24)19(25)23-8-3-6-16(23)11-14-4-2-5-15(20)10-14/h2,4-5,7,9-10,12,16H,3,6,8,11H2,1H3/t16-/m1/s1. The second kappa shape index (κ2) is 6.27. The van der Waals surface area contributed by atoms with E-state index in [1.165, 1.54) is 6.07 Å². The molecule has 0 unspecified atom stereocenters. The Balaban J connectivity index is 1.60. The molecule has 1 aliphatic rings. The normalized spacial score (nSPS) is 17.4. The quantitative estimate of drug-likeness (QED) is 0.738. The molecule has 128 valence electrons. The van der Waals surface area contributed by atoms with Crippen LogP contribution in [-0.2, 0) is 6.42 Å². The number of halogens is 1. The van der Waals surface area contributed by atoms with Crippen LogP contribution in [0.3, 0.4) is 0 Å². The van der Waals surface area contributed by atoms with Gasteiger partial charge in [-0.25, -0.2) is 13.9 Å². The zero-order chi connectivity index (χ0) is 17.4. The lowest BCUT2D eigenvalue weighted by Crippen LogP contribution is -2.36. The summed E-state index contributed by atoms with van der Waals surface area (Å²) >= 11 is 0. The van der Waals surface area contributed by atoms with Gasteiger partial charge in [0.25, 0.3) is 5.91 Å². The summed E-state index contributed by atoms with van der Waals surface area (Å²) in [5.74, 6) is -0.289. The zero-order valence-electron chi connectivity index (χ0n) is 14.0. The third-order valence-electron chi connectivity index (χ3n) is 4.74. The van der Waals surface area contributed by atoms with Crippen molar-refractivity contribution in [1.82, 2.24) is 19.5 Å². The first kappa shape index (κ1) is 15.7. The van der Waals surface area contributed by atoms with E-state index in [4.69, 9.17) is 0 Å². The van der Waals surface area contributed by atoms with Crippen LogP contribution < -0.4 is 0 Å². The Bertz CT molecular complexity index is 936. The first-order valence-corrected chi connectivity index (χ1v) is 8.48. The number of carbonyl (C=O) groups is 1. The summed E-state index contributed by atoms with van der Waals surface area (Å²) in [7, 11) is 0. The van der Waals surface area contributed by atoms with Gasteiger partial charge in [-0.2, -0.15) is 5.10 Å². The largest absolute Gasteiger partial charge is 0.335 e. The van der Waals surface area contributed by atoms with Crippen LogP contribution in [-0.4, -0.2) is 38.0 Å². The Morgan fingerprint density at radius 2 is 2.24 bits per heavy atom. The van der Waals surface area contributed by atoms with E-state index in [9.17, 15) is 9.18 Å². The van der Waals surface area contributed by atoms with Crippen molar-refractivity contribution < 1.29 is 9.18 Å². The zero-order valence-corrected chi connectivity index (χ0v) is 14.0. The summed E-state index contributed by atoms with van der Waals surface area (Å²) in [6.45, 7) is 2.60. The summed E-state index contributed by atoms with van der Waals surface area (Å²) in [6.07, 6.45) is 5.94. The van der Waals surface area contributed by atoms with Gasteiger partial charge in [0, 0.05) is 24.5 Å². The molecule has 1 aliphatic heterocycles. The lowest BCUT2D eigenvalue weighted by molar-refractivity contribution is 0.0738. The fraction of sp³-hybridized carbons (Fsp3) is 0.316. The number of hydrogen-bond donors (Lipinski definition) is 0. The van der Waals surface area contributed by atoms with Crippen molar-refractivity contribution in [2.45, 2.75) is 32.2 Å². The van der Waals surface area contributed by atoms with Gasteiger partial charge in [0.05, 0.1) is 6.20 Å². The van der Waals surface area contributed by atoms with Crippen molar-refractivity contribution in [2.24, 2.45) is 0 Å². The van der Waals surface area contributed by atoms with Crippen molar-refractivity contribution in [3.05, 3.63) is 65.4 Å². The summed E-state index contributed by atoms with van der Waals surface area (Å²) in [5, 5.41) is 4.23. The van der Waals surface area contributed by atoms with Gasteiger partial charge in [-0.3, -0.25) is 4.79 Å². The van der Waals surface area contributed by atoms with E-state index in [-0.39, 0.29) is 17.8 Å². The Labute approximate surface area is 145 Å². The highest BCUT2D eigenvalue weighted by molar-refractivity contribution is 6.00. The second-order valence-electron chi connectivity index (χ2n) is 6.52. The summed E-state index contributed by atoms with van der Waals surface area (Å²) in [4.78, 5) is 19.4. The van der Waals surface area contributed by atoms with Crippen molar-refractivity contribution in [2.75, 3.05) is 6.54 Å². The summed E-state index contributed by atoms with van der Waals surface area (Å²) in [6, 6.07) is 8.54. The maximum absolute atomic E-state index is 13.4. The van der Waals surface area contributed by atoms with Crippen LogP contribution in [0.15, 0.2) is 42.7 Å². The Morgan fingerprint density at radius 3 is 3.08 bits per heavy atom. The van der Waals surface area contributed by atoms with Crippen molar-refractivity contribution in [3.8, 4) is 0 Å². The molecule has 1 saturated heterocycles. The van der Waals surface area contributed by atoms with Crippen molar-refractivity contribution >= 4 is 11.6 Å². The number of rotatable bonds is 3. The Kier molecular flexibility index (Phi) is 3.95. The molecule has 6 heteroatoms. The van der Waals surface area contributed by atoms with E-state index in [0.717, 1.165) is 24.1 Å². The van der Waals surface area contributed by atoms with Crippen LogP contribution in [0.1, 0.15) is 34.5 Å². The summed E-state index contributed by atoms with van der Waals surface area (Å²) in [5.41, 5.74) is 2.87. The highest BCUT2D eigenvalue weighted by Gasteiger charge is 2.31. The molecular weight excluding hydrogens is 319 g/mol. The van der Waals surface area contributed by atoms with E-state index in [1.807, 2.05) is 30.2 Å². The average molecular weight is 338 g/mol. The van der Waals surface area contributed by atoms with Gasteiger partial charge in [0.15, 0.2) is 5.65 Å². The molecule has 3 aromatic rings. The minimum atomic E-state index is -0.240. The average Bonchev–Trinajstić information content (AvgIpc) is 3.21. The SMILES string of the molecule is Cc1ccn2ncc(C(=O)N3CCC[C@@H]3Cc3cccc(F)c3)c2n1. The lowest BCUT2D eigenvalue weighted by atomic mass is 10.0. The number of aromatic nitrogens is 3. The molecule has 0 bridgehead atoms. The molecule has 4 rings (SSSR count). The third kappa shape index (κ3) is 2.99. The molecule has 3 heterocycles. The molecule has 1 fully saturated rings. The number of nitrogens with zero attached hydrogens (tertiary/aromatic N) is 4. The van der Waals surface area contributed by atoms with Crippen LogP contribution in [0.2, 0.25) is 0 Å². The van der Waals surface area contributed by atoms with Gasteiger partial charge in [-0.1, -0.05) is 12.1 Å². The first-order chi connectivity index (χ1) is 12.1. The molecule has 0 saturated carbocycles. The van der Waals surface area contributed by atoms with Crippen LogP contribution >= 0.6 is 0 Å². The maximum Gasteiger partial charge on any atom is 0.259 e. The van der Waals surface area contributed by atoms with Gasteiger partial charge >= 0.3 is 0 Å². The number of aryl methyl sites for hydroxylation is 1. The maximum atomic E-state index is 13.4. The smallest absolute Gasteiger partial charge is 0.259 e. The molecule has 0 aliphatic carbocycles. The second-order valence-corrected chi connectivity index (χ2v) is 6.52. The molecule has 0 radical (unpaired) electrons. The summed E-state index contributed by atoms with van der Waals surface area (Å²) < 4.78 is 15.1. The molecule has 0 N–H and O–H groups in total. The van der Waals surface area contributed by atoms with E-state index in [2.05, 4.69) is 10.1 Å². The van der Waals surface area contributed by atoms with Gasteiger partial charge in [0.1, 0.15) is 11.4 Å². The molecule has 1 aromatic carbocycles. The fourth-order valence-corrected chi connectivity index (χ4v) is 3.52. The molecule has 2 aromatic heterocycles. The molecule has 25 heavy (non-hydrogen) atoms. The number of benzene rings is 1. The van der Waals surface area contributed by atoms with Crippen LogP contribution in [0, 0.1) is 12.7 Å². The predicted molar refractivity (Wildman–Crippen MR) is 91.9 cm³/mol. The van der Waals surface area contributed by atoms with Crippen molar-refractivity contribution in [3.63, 3.8) is 0 Å². The molecule has 5 nitrogen and oxygen atoms in total. The van der Waals surface area contributed by atoms with Gasteiger partial charge in [-0.15, -0.1) is 0 Å². The lowest BCUT2D eigenvalue weighted by Gasteiger charge is -2.24. The number of likely N-dealkylation sites (tertiary alicyclic amines) is 1. The van der Waals surface area contributed by atoms with E-state index in [0.29, 0.717) is 24.2 Å². The van der Waals surface area contributed by atoms with E-state index >= 15 is 0 Å². The molecule has 1 amide bonds. The monoisotopic (exact) mass is 338 g/mol. The number of fused-ring (bicyclic) bond motifs is 1.